The average molecular weight is 658 g/mol. The Balaban J connectivity index is 1.35. The van der Waals surface area contributed by atoms with Crippen LogP contribution in [0.4, 0.5) is 10.5 Å². The molecule has 9 heteroatoms. The molecule has 1 unspecified atom stereocenters. The number of aryl methyl sites for hydroxylation is 2. The number of hydrogen-bond acceptors (Lipinski definition) is 5. The Hall–Kier alpha value is -4.89. The smallest absolute Gasteiger partial charge is 0.331 e. The Morgan fingerprint density at radius 3 is 1.94 bits per heavy atom. The molecule has 4 aromatic carbocycles. The summed E-state index contributed by atoms with van der Waals surface area (Å²) in [5.41, 5.74) is 7.05. The lowest BCUT2D eigenvalue weighted by Crippen LogP contribution is -2.38. The highest BCUT2D eigenvalue weighted by atomic mass is 32.2. The van der Waals surface area contributed by atoms with Crippen LogP contribution >= 0.6 is 0 Å². The molecule has 2 aliphatic carbocycles. The second-order valence-electron chi connectivity index (χ2n) is 13.0. The maximum atomic E-state index is 16.0. The zero-order chi connectivity index (χ0) is 32.7. The third kappa shape index (κ3) is 5.17. The maximum Gasteiger partial charge on any atom is 0.331 e. The summed E-state index contributed by atoms with van der Waals surface area (Å²) in [4.78, 5) is 14.6. The summed E-state index contributed by atoms with van der Waals surface area (Å²) in [6.45, 7) is 2.51. The predicted octanol–water partition coefficient (Wildman–Crippen LogP) is 7.76. The number of rotatable bonds is 7. The van der Waals surface area contributed by atoms with Crippen LogP contribution in [0.25, 0.3) is 0 Å². The summed E-state index contributed by atoms with van der Waals surface area (Å²) in [6.07, 6.45) is 8.30. The van der Waals surface area contributed by atoms with E-state index < -0.39 is 21.5 Å². The Kier molecular flexibility index (Phi) is 7.79. The second kappa shape index (κ2) is 12.3. The van der Waals surface area contributed by atoms with Crippen LogP contribution in [0.2, 0.25) is 0 Å². The third-order valence-electron chi connectivity index (χ3n) is 9.99. The van der Waals surface area contributed by atoms with Crippen molar-refractivity contribution in [2.75, 3.05) is 11.9 Å². The molecule has 0 fully saturated rings. The summed E-state index contributed by atoms with van der Waals surface area (Å²) in [5.74, 6) is 0.368. The van der Waals surface area contributed by atoms with Gasteiger partial charge in [0, 0.05) is 12.1 Å². The highest BCUT2D eigenvalue weighted by Gasteiger charge is 2.41. The number of fused-ring (bicyclic) bond motifs is 3. The van der Waals surface area contributed by atoms with Crippen molar-refractivity contribution in [1.29, 1.82) is 0 Å². The van der Waals surface area contributed by atoms with Crippen LogP contribution in [0, 0.1) is 0 Å². The lowest BCUT2D eigenvalue weighted by molar-refractivity contribution is 0.196. The van der Waals surface area contributed by atoms with Gasteiger partial charge in [0.05, 0.1) is 18.8 Å². The van der Waals surface area contributed by atoms with Crippen LogP contribution in [0.1, 0.15) is 71.2 Å². The van der Waals surface area contributed by atoms with E-state index in [1.807, 2.05) is 91.0 Å². The molecule has 48 heavy (non-hydrogen) atoms. The molecule has 5 aromatic rings. The molecule has 0 saturated carbocycles. The largest absolute Gasteiger partial charge is 0.477 e. The predicted molar refractivity (Wildman–Crippen MR) is 188 cm³/mol. The van der Waals surface area contributed by atoms with E-state index in [4.69, 9.17) is 9.10 Å². The molecular formula is C39H39N5O3S. The molecule has 1 aliphatic heterocycles. The van der Waals surface area contributed by atoms with Gasteiger partial charge in [0.25, 0.3) is 0 Å². The Labute approximate surface area is 281 Å². The van der Waals surface area contributed by atoms with E-state index in [0.717, 1.165) is 67.3 Å². The molecule has 3 aliphatic rings. The van der Waals surface area contributed by atoms with Gasteiger partial charge < -0.3 is 10.1 Å². The molecule has 8 rings (SSSR count). The van der Waals surface area contributed by atoms with E-state index in [0.29, 0.717) is 12.5 Å². The van der Waals surface area contributed by atoms with Crippen LogP contribution in [0.5, 0.6) is 5.88 Å². The Morgan fingerprint density at radius 2 is 1.40 bits per heavy atom. The fourth-order valence-electron chi connectivity index (χ4n) is 7.67. The van der Waals surface area contributed by atoms with Gasteiger partial charge in [0.2, 0.25) is 5.88 Å². The first-order chi connectivity index (χ1) is 23.5. The molecule has 2 amide bonds. The minimum absolute atomic E-state index is 0.0385. The standard InChI is InChI=1S/C39H39N5O3S/c1-27-23-24-47-37-35(26-40-44(27)37)48(46,42-38(45)41-36-33-21-11-13-28(33)25-29-14-12-22-34(29)36)43-39(30-15-5-2-6-16-30,31-17-7-3-8-18-31)32-19-9-4-10-20-32/h2-10,15-20,25-27H,11-14,21-24H2,1H3,(H2,41,42,43,45,46)/t27-,48?/m0/s1. The first-order valence-corrected chi connectivity index (χ1v) is 18.4. The van der Waals surface area contributed by atoms with Gasteiger partial charge in [-0.15, -0.1) is 0 Å². The number of carbonyl (C=O) groups excluding carboxylic acids is 1. The fraction of sp³-hybridized carbons (Fsp3) is 0.282. The fourth-order valence-corrected chi connectivity index (χ4v) is 9.51. The Bertz CT molecular complexity index is 1980. The molecule has 8 nitrogen and oxygen atoms in total. The zero-order valence-corrected chi connectivity index (χ0v) is 27.8. The molecular weight excluding hydrogens is 619 g/mol. The quantitative estimate of drug-likeness (QED) is 0.175. The van der Waals surface area contributed by atoms with Gasteiger partial charge in [0.1, 0.15) is 10.4 Å². The lowest BCUT2D eigenvalue weighted by Gasteiger charge is -2.33. The Morgan fingerprint density at radius 1 is 0.854 bits per heavy atom. The minimum atomic E-state index is -3.78. The van der Waals surface area contributed by atoms with Crippen LogP contribution in [-0.2, 0) is 41.1 Å². The first kappa shape index (κ1) is 30.4. The summed E-state index contributed by atoms with van der Waals surface area (Å²) >= 11 is 0. The number of hydrogen-bond donors (Lipinski definition) is 2. The van der Waals surface area contributed by atoms with Crippen molar-refractivity contribution >= 4 is 21.6 Å². The molecule has 2 heterocycles. The average Bonchev–Trinajstić information content (AvgIpc) is 3.89. The van der Waals surface area contributed by atoms with Crippen LogP contribution < -0.4 is 14.8 Å². The third-order valence-corrected chi connectivity index (χ3v) is 11.9. The molecule has 244 valence electrons. The highest BCUT2D eigenvalue weighted by molar-refractivity contribution is 7.92. The summed E-state index contributed by atoms with van der Waals surface area (Å²) in [7, 11) is -3.78. The number of anilines is 1. The number of nitrogens with zero attached hydrogens (tertiary/aromatic N) is 3. The highest BCUT2D eigenvalue weighted by Crippen LogP contribution is 2.44. The summed E-state index contributed by atoms with van der Waals surface area (Å²) in [6, 6.07) is 31.3. The van der Waals surface area contributed by atoms with Crippen molar-refractivity contribution in [1.82, 2.24) is 14.5 Å². The van der Waals surface area contributed by atoms with Crippen LogP contribution in [-0.4, -0.2) is 26.6 Å². The van der Waals surface area contributed by atoms with Gasteiger partial charge in [-0.05, 0) is 84.4 Å². The van der Waals surface area contributed by atoms with Gasteiger partial charge >= 0.3 is 6.03 Å². The van der Waals surface area contributed by atoms with Gasteiger partial charge in [0.15, 0.2) is 9.92 Å². The number of carbonyl (C=O) groups is 1. The van der Waals surface area contributed by atoms with E-state index >= 15 is 4.21 Å². The number of amides is 2. The molecule has 0 saturated heterocycles. The normalized spacial score (nSPS) is 17.7. The van der Waals surface area contributed by atoms with Gasteiger partial charge in [-0.2, -0.15) is 9.46 Å². The summed E-state index contributed by atoms with van der Waals surface area (Å²) in [5, 5.41) is 7.82. The number of urea groups is 1. The van der Waals surface area contributed by atoms with E-state index in [2.05, 4.69) is 28.1 Å². The van der Waals surface area contributed by atoms with E-state index in [-0.39, 0.29) is 10.9 Å². The number of ether oxygens (including phenoxy) is 1. The molecule has 2 atom stereocenters. The minimum Gasteiger partial charge on any atom is -0.477 e. The molecule has 1 aromatic heterocycles. The van der Waals surface area contributed by atoms with E-state index in [1.54, 1.807) is 10.9 Å². The van der Waals surface area contributed by atoms with E-state index in [9.17, 15) is 4.79 Å². The SMILES string of the molecule is C[C@H]1CCOc2c(S(=O)(=NC(c3ccccc3)(c3ccccc3)c3ccccc3)NC(=O)Nc3c4c(cc5c3CCC5)CCC4)cnn21. The molecule has 0 bridgehead atoms. The first-order valence-electron chi connectivity index (χ1n) is 16.9. The van der Waals surface area contributed by atoms with Crippen molar-refractivity contribution in [2.24, 2.45) is 4.36 Å². The van der Waals surface area contributed by atoms with Gasteiger partial charge in [-0.1, -0.05) is 97.1 Å². The molecule has 0 radical (unpaired) electrons. The number of nitrogens with one attached hydrogen (secondary N) is 2. The van der Waals surface area contributed by atoms with Crippen molar-refractivity contribution in [3.63, 3.8) is 0 Å². The topological polar surface area (TPSA) is 97.6 Å². The summed E-state index contributed by atoms with van der Waals surface area (Å²) < 4.78 is 32.2. The zero-order valence-electron chi connectivity index (χ0n) is 27.0. The number of benzene rings is 4. The van der Waals surface area contributed by atoms with E-state index in [1.165, 1.54) is 22.3 Å². The van der Waals surface area contributed by atoms with Crippen molar-refractivity contribution in [2.45, 2.75) is 68.3 Å². The lowest BCUT2D eigenvalue weighted by atomic mass is 9.78. The monoisotopic (exact) mass is 657 g/mol. The number of aromatic nitrogens is 2. The second-order valence-corrected chi connectivity index (χ2v) is 14.8. The van der Waals surface area contributed by atoms with Gasteiger partial charge in [-0.25, -0.2) is 18.4 Å². The van der Waals surface area contributed by atoms with Crippen molar-refractivity contribution in [3.05, 3.63) is 142 Å². The van der Waals surface area contributed by atoms with Crippen LogP contribution in [0.3, 0.4) is 0 Å². The van der Waals surface area contributed by atoms with Crippen molar-refractivity contribution < 1.29 is 13.7 Å². The van der Waals surface area contributed by atoms with Crippen molar-refractivity contribution in [3.8, 4) is 5.88 Å². The van der Waals surface area contributed by atoms with Gasteiger partial charge in [-0.3, -0.25) is 0 Å². The molecule has 2 N–H and O–H groups in total. The van der Waals surface area contributed by atoms with Crippen LogP contribution in [0.15, 0.2) is 113 Å². The maximum absolute atomic E-state index is 16.0. The molecule has 0 spiro atoms.